The van der Waals surface area contributed by atoms with Crippen LogP contribution in [0.5, 0.6) is 0 Å². The summed E-state index contributed by atoms with van der Waals surface area (Å²) in [7, 11) is 0. The van der Waals surface area contributed by atoms with E-state index < -0.39 is 0 Å². The van der Waals surface area contributed by atoms with Crippen molar-refractivity contribution in [2.45, 2.75) is 0 Å². The van der Waals surface area contributed by atoms with Crippen molar-refractivity contribution in [3.05, 3.63) is 84.3 Å². The van der Waals surface area contributed by atoms with Crippen molar-refractivity contribution < 1.29 is 9.21 Å². The maximum Gasteiger partial charge on any atom is 0.261 e. The lowest BCUT2D eigenvalue weighted by atomic mass is 10.2. The average molecular weight is 396 g/mol. The molecule has 30 heavy (non-hydrogen) atoms. The summed E-state index contributed by atoms with van der Waals surface area (Å²) in [6.07, 6.45) is 3.05. The fraction of sp³-hybridized carbons (Fsp3) is 0. The van der Waals surface area contributed by atoms with E-state index in [1.807, 2.05) is 42.5 Å². The first-order valence-corrected chi connectivity index (χ1v) is 9.21. The summed E-state index contributed by atoms with van der Waals surface area (Å²) in [6, 6.07) is 20.1. The molecule has 3 heterocycles. The maximum atomic E-state index is 13.1. The zero-order valence-corrected chi connectivity index (χ0v) is 15.7. The molecule has 2 aromatic carbocycles. The van der Waals surface area contributed by atoms with Crippen LogP contribution in [0.1, 0.15) is 16.1 Å². The van der Waals surface area contributed by atoms with Crippen molar-refractivity contribution >= 4 is 45.8 Å². The number of aromatic nitrogens is 3. The molecule has 8 heteroatoms. The molecule has 0 aliphatic heterocycles. The van der Waals surface area contributed by atoms with Gasteiger partial charge in [0.2, 0.25) is 0 Å². The standard InChI is InChI=1S/C22H16N6O2/c23-20-18(22(29)25-14-7-2-1-3-8-14)19-21(27-17-11-5-4-10-16(17)26-19)28(20)24-13-15-9-6-12-30-15/h1-13H,23H2,(H,25,29). The van der Waals surface area contributed by atoms with E-state index in [4.69, 9.17) is 10.2 Å². The minimum absolute atomic E-state index is 0.136. The Kier molecular flexibility index (Phi) is 4.21. The van der Waals surface area contributed by atoms with E-state index in [1.54, 1.807) is 30.5 Å². The lowest BCUT2D eigenvalue weighted by molar-refractivity contribution is 0.102. The number of fused-ring (bicyclic) bond motifs is 2. The van der Waals surface area contributed by atoms with Crippen molar-refractivity contribution in [1.29, 1.82) is 0 Å². The number of nitrogens with one attached hydrogen (secondary N) is 1. The van der Waals surface area contributed by atoms with Gasteiger partial charge in [-0.25, -0.2) is 9.97 Å². The number of nitrogens with two attached hydrogens (primary N) is 1. The number of carbonyl (C=O) groups excluding carboxylic acids is 1. The molecule has 0 saturated carbocycles. The highest BCUT2D eigenvalue weighted by molar-refractivity contribution is 6.16. The van der Waals surface area contributed by atoms with Crippen molar-refractivity contribution in [1.82, 2.24) is 14.6 Å². The Bertz CT molecular complexity index is 1390. The molecule has 3 N–H and O–H groups in total. The molecule has 0 fully saturated rings. The van der Waals surface area contributed by atoms with Crippen LogP contribution in [0.4, 0.5) is 11.5 Å². The molecule has 146 valence electrons. The predicted octanol–water partition coefficient (Wildman–Crippen LogP) is 3.89. The molecule has 5 rings (SSSR count). The largest absolute Gasteiger partial charge is 0.463 e. The van der Waals surface area contributed by atoms with Crippen LogP contribution >= 0.6 is 0 Å². The van der Waals surface area contributed by atoms with Gasteiger partial charge in [0, 0.05) is 5.69 Å². The third kappa shape index (κ3) is 3.06. The molecule has 0 unspecified atom stereocenters. The lowest BCUT2D eigenvalue weighted by Gasteiger charge is -2.05. The molecule has 0 saturated heterocycles. The molecule has 8 nitrogen and oxygen atoms in total. The van der Waals surface area contributed by atoms with Crippen LogP contribution in [-0.4, -0.2) is 26.8 Å². The summed E-state index contributed by atoms with van der Waals surface area (Å²) in [5.74, 6) is 0.289. The number of benzene rings is 2. The molecular formula is C22H16N6O2. The van der Waals surface area contributed by atoms with Gasteiger partial charge in [-0.3, -0.25) is 4.79 Å². The molecule has 0 bridgehead atoms. The first-order chi connectivity index (χ1) is 14.7. The van der Waals surface area contributed by atoms with Crippen LogP contribution in [0, 0.1) is 0 Å². The zero-order chi connectivity index (χ0) is 20.5. The number of nitrogen functional groups attached to an aromatic ring is 1. The molecule has 0 spiro atoms. The minimum atomic E-state index is -0.389. The number of furan rings is 1. The third-order valence-corrected chi connectivity index (χ3v) is 4.58. The first-order valence-electron chi connectivity index (χ1n) is 9.21. The quantitative estimate of drug-likeness (QED) is 0.448. The van der Waals surface area contributed by atoms with E-state index in [1.165, 1.54) is 10.9 Å². The van der Waals surface area contributed by atoms with Gasteiger partial charge in [0.15, 0.2) is 5.65 Å². The van der Waals surface area contributed by atoms with Gasteiger partial charge in [-0.1, -0.05) is 30.3 Å². The fourth-order valence-electron chi connectivity index (χ4n) is 3.18. The second-order valence-electron chi connectivity index (χ2n) is 6.54. The van der Waals surface area contributed by atoms with Gasteiger partial charge in [-0.05, 0) is 36.4 Å². The van der Waals surface area contributed by atoms with Crippen LogP contribution in [0.25, 0.3) is 22.2 Å². The highest BCUT2D eigenvalue weighted by Gasteiger charge is 2.24. The Morgan fingerprint density at radius 3 is 2.47 bits per heavy atom. The maximum absolute atomic E-state index is 13.1. The summed E-state index contributed by atoms with van der Waals surface area (Å²) in [4.78, 5) is 22.4. The van der Waals surface area contributed by atoms with Crippen LogP contribution in [0.2, 0.25) is 0 Å². The molecule has 3 aromatic heterocycles. The van der Waals surface area contributed by atoms with Gasteiger partial charge >= 0.3 is 0 Å². The second-order valence-corrected chi connectivity index (χ2v) is 6.54. The highest BCUT2D eigenvalue weighted by Crippen LogP contribution is 2.28. The molecule has 0 atom stereocenters. The number of nitrogens with zero attached hydrogens (tertiary/aromatic N) is 4. The molecular weight excluding hydrogens is 380 g/mol. The summed E-state index contributed by atoms with van der Waals surface area (Å²) < 4.78 is 6.69. The number of para-hydroxylation sites is 3. The number of anilines is 2. The van der Waals surface area contributed by atoms with E-state index in [9.17, 15) is 4.79 Å². The van der Waals surface area contributed by atoms with Crippen LogP contribution in [-0.2, 0) is 0 Å². The summed E-state index contributed by atoms with van der Waals surface area (Å²) in [6.45, 7) is 0. The van der Waals surface area contributed by atoms with Gasteiger partial charge < -0.3 is 15.5 Å². The van der Waals surface area contributed by atoms with E-state index in [-0.39, 0.29) is 17.3 Å². The highest BCUT2D eigenvalue weighted by atomic mass is 16.3. The van der Waals surface area contributed by atoms with Gasteiger partial charge in [0.05, 0.1) is 23.5 Å². The van der Waals surface area contributed by atoms with Gasteiger partial charge in [0.1, 0.15) is 22.7 Å². The fourth-order valence-corrected chi connectivity index (χ4v) is 3.18. The SMILES string of the molecule is Nc1c(C(=O)Nc2ccccc2)c2nc3ccccc3nc2n1N=Cc1ccco1. The minimum Gasteiger partial charge on any atom is -0.463 e. The summed E-state index contributed by atoms with van der Waals surface area (Å²) in [5, 5.41) is 7.24. The average Bonchev–Trinajstić information content (AvgIpc) is 3.37. The van der Waals surface area contributed by atoms with Gasteiger partial charge in [-0.15, -0.1) is 0 Å². The molecule has 0 radical (unpaired) electrons. The Morgan fingerprint density at radius 1 is 1.00 bits per heavy atom. The summed E-state index contributed by atoms with van der Waals surface area (Å²) in [5.41, 5.74) is 9.30. The van der Waals surface area contributed by atoms with E-state index in [2.05, 4.69) is 20.4 Å². The van der Waals surface area contributed by atoms with Crippen molar-refractivity contribution in [3.63, 3.8) is 0 Å². The predicted molar refractivity (Wildman–Crippen MR) is 116 cm³/mol. The Labute approximate surface area is 170 Å². The Hall–Kier alpha value is -4.46. The van der Waals surface area contributed by atoms with Gasteiger partial charge in [0.25, 0.3) is 5.91 Å². The third-order valence-electron chi connectivity index (χ3n) is 4.58. The smallest absolute Gasteiger partial charge is 0.261 e. The van der Waals surface area contributed by atoms with E-state index >= 15 is 0 Å². The number of hydrogen-bond donors (Lipinski definition) is 2. The molecule has 5 aromatic rings. The van der Waals surface area contributed by atoms with E-state index in [0.717, 1.165) is 0 Å². The Balaban J connectivity index is 1.69. The second kappa shape index (κ2) is 7.17. The van der Waals surface area contributed by atoms with Crippen molar-refractivity contribution in [2.75, 3.05) is 11.1 Å². The van der Waals surface area contributed by atoms with Crippen molar-refractivity contribution in [3.8, 4) is 0 Å². The number of rotatable bonds is 4. The van der Waals surface area contributed by atoms with Crippen LogP contribution < -0.4 is 11.1 Å². The van der Waals surface area contributed by atoms with Crippen molar-refractivity contribution in [2.24, 2.45) is 5.10 Å². The summed E-state index contributed by atoms with van der Waals surface area (Å²) >= 11 is 0. The first kappa shape index (κ1) is 17.6. The monoisotopic (exact) mass is 396 g/mol. The van der Waals surface area contributed by atoms with Crippen LogP contribution in [0.15, 0.2) is 82.5 Å². The Morgan fingerprint density at radius 2 is 1.73 bits per heavy atom. The van der Waals surface area contributed by atoms with Crippen LogP contribution in [0.3, 0.4) is 0 Å². The zero-order valence-electron chi connectivity index (χ0n) is 15.7. The molecule has 0 aliphatic rings. The molecule has 0 aliphatic carbocycles. The lowest BCUT2D eigenvalue weighted by Crippen LogP contribution is -2.14. The van der Waals surface area contributed by atoms with Gasteiger partial charge in [-0.2, -0.15) is 9.78 Å². The topological polar surface area (TPSA) is 111 Å². The normalized spacial score (nSPS) is 11.5. The number of carbonyl (C=O) groups is 1. The number of hydrogen-bond acceptors (Lipinski definition) is 6. The van der Waals surface area contributed by atoms with E-state index in [0.29, 0.717) is 33.6 Å². The number of amides is 1. The molecule has 1 amide bonds.